The second kappa shape index (κ2) is 8.86. The van der Waals surface area contributed by atoms with Crippen molar-refractivity contribution in [2.24, 2.45) is 0 Å². The predicted molar refractivity (Wildman–Crippen MR) is 77.5 cm³/mol. The van der Waals surface area contributed by atoms with Gasteiger partial charge in [-0.1, -0.05) is 6.42 Å². The van der Waals surface area contributed by atoms with Crippen molar-refractivity contribution in [3.63, 3.8) is 0 Å². The Morgan fingerprint density at radius 2 is 1.89 bits per heavy atom. The molecule has 0 fully saturated rings. The molecule has 0 saturated heterocycles. The number of carbonyl (C=O) groups excluding carboxylic acids is 2. The Kier molecular flexibility index (Phi) is 7.41. The van der Waals surface area contributed by atoms with E-state index in [4.69, 9.17) is 4.74 Å². The minimum Gasteiger partial charge on any atom is -0.466 e. The van der Waals surface area contributed by atoms with Crippen molar-refractivity contribution in [3.05, 3.63) is 21.9 Å². The van der Waals surface area contributed by atoms with Gasteiger partial charge >= 0.3 is 5.97 Å². The van der Waals surface area contributed by atoms with E-state index in [0.29, 0.717) is 19.4 Å². The van der Waals surface area contributed by atoms with Gasteiger partial charge in [-0.25, -0.2) is 0 Å². The standard InChI is InChI=1S/C15H22O3S/c1-3-18-15(17)8-6-4-5-7-13-9-10-14(19-13)11-12(2)16/h9-10H,3-8,11H2,1-2H3. The lowest BCUT2D eigenvalue weighted by Crippen LogP contribution is -2.03. The highest BCUT2D eigenvalue weighted by atomic mass is 32.1. The number of esters is 1. The van der Waals surface area contributed by atoms with Crippen LogP contribution in [0.4, 0.5) is 0 Å². The van der Waals surface area contributed by atoms with Crippen LogP contribution in [0.2, 0.25) is 0 Å². The Balaban J connectivity index is 2.14. The van der Waals surface area contributed by atoms with Crippen molar-refractivity contribution in [3.8, 4) is 0 Å². The summed E-state index contributed by atoms with van der Waals surface area (Å²) in [6.07, 6.45) is 5.12. The lowest BCUT2D eigenvalue weighted by Gasteiger charge is -2.01. The summed E-state index contributed by atoms with van der Waals surface area (Å²) in [5.41, 5.74) is 0. The molecule has 0 aliphatic rings. The van der Waals surface area contributed by atoms with E-state index in [2.05, 4.69) is 6.07 Å². The zero-order chi connectivity index (χ0) is 14.1. The minimum absolute atomic E-state index is 0.0950. The molecule has 0 radical (unpaired) electrons. The van der Waals surface area contributed by atoms with Crippen LogP contribution in [0.1, 0.15) is 49.3 Å². The number of unbranched alkanes of at least 4 members (excludes halogenated alkanes) is 2. The van der Waals surface area contributed by atoms with Gasteiger partial charge < -0.3 is 4.74 Å². The predicted octanol–water partition coefficient (Wildman–Crippen LogP) is 3.55. The van der Waals surface area contributed by atoms with Gasteiger partial charge in [-0.2, -0.15) is 0 Å². The summed E-state index contributed by atoms with van der Waals surface area (Å²) in [4.78, 5) is 24.6. The molecule has 1 aromatic heterocycles. The maximum absolute atomic E-state index is 11.1. The van der Waals surface area contributed by atoms with Crippen molar-refractivity contribution in [1.82, 2.24) is 0 Å². The van der Waals surface area contributed by atoms with Crippen LogP contribution in [0.15, 0.2) is 12.1 Å². The van der Waals surface area contributed by atoms with Gasteiger partial charge in [0.15, 0.2) is 0 Å². The van der Waals surface area contributed by atoms with Gasteiger partial charge in [0, 0.05) is 22.6 Å². The molecule has 0 aromatic carbocycles. The number of ether oxygens (including phenoxy) is 1. The Bertz CT molecular complexity index is 409. The molecule has 1 rings (SSSR count). The first-order chi connectivity index (χ1) is 9.11. The zero-order valence-electron chi connectivity index (χ0n) is 11.7. The highest BCUT2D eigenvalue weighted by molar-refractivity contribution is 7.12. The van der Waals surface area contributed by atoms with Gasteiger partial charge in [-0.05, 0) is 45.2 Å². The van der Waals surface area contributed by atoms with E-state index in [1.165, 1.54) is 4.88 Å². The third-order valence-corrected chi connectivity index (χ3v) is 3.89. The summed E-state index contributed by atoms with van der Waals surface area (Å²) >= 11 is 1.72. The second-order valence-electron chi connectivity index (χ2n) is 4.61. The summed E-state index contributed by atoms with van der Waals surface area (Å²) < 4.78 is 4.88. The Morgan fingerprint density at radius 1 is 1.16 bits per heavy atom. The van der Waals surface area contributed by atoms with Gasteiger partial charge in [0.1, 0.15) is 5.78 Å². The van der Waals surface area contributed by atoms with E-state index in [1.54, 1.807) is 18.3 Å². The fourth-order valence-electron chi connectivity index (χ4n) is 1.88. The van der Waals surface area contributed by atoms with Crippen molar-refractivity contribution < 1.29 is 14.3 Å². The van der Waals surface area contributed by atoms with Crippen molar-refractivity contribution in [1.29, 1.82) is 0 Å². The van der Waals surface area contributed by atoms with Crippen LogP contribution < -0.4 is 0 Å². The molecule has 1 heterocycles. The summed E-state index contributed by atoms with van der Waals surface area (Å²) in [5, 5.41) is 0. The van der Waals surface area contributed by atoms with Crippen LogP contribution >= 0.6 is 11.3 Å². The number of aryl methyl sites for hydroxylation is 1. The number of ketones is 1. The smallest absolute Gasteiger partial charge is 0.305 e. The molecule has 0 atom stereocenters. The highest BCUT2D eigenvalue weighted by Gasteiger charge is 2.04. The number of Topliss-reactive ketones (excluding diaryl/α,β-unsaturated/α-hetero) is 1. The molecule has 0 N–H and O–H groups in total. The van der Waals surface area contributed by atoms with Crippen LogP contribution in [0.5, 0.6) is 0 Å². The van der Waals surface area contributed by atoms with Gasteiger partial charge in [0.25, 0.3) is 0 Å². The van der Waals surface area contributed by atoms with Gasteiger partial charge in [-0.15, -0.1) is 11.3 Å². The molecule has 19 heavy (non-hydrogen) atoms. The van der Waals surface area contributed by atoms with E-state index < -0.39 is 0 Å². The number of carbonyl (C=O) groups is 2. The van der Waals surface area contributed by atoms with Crippen molar-refractivity contribution in [2.75, 3.05) is 6.61 Å². The molecule has 0 saturated carbocycles. The molecule has 0 bridgehead atoms. The number of thiophene rings is 1. The molecule has 1 aromatic rings. The average molecular weight is 282 g/mol. The first kappa shape index (κ1) is 15.9. The van der Waals surface area contributed by atoms with Gasteiger partial charge in [-0.3, -0.25) is 9.59 Å². The van der Waals surface area contributed by atoms with Crippen molar-refractivity contribution in [2.45, 2.75) is 52.4 Å². The lowest BCUT2D eigenvalue weighted by molar-refractivity contribution is -0.143. The highest BCUT2D eigenvalue weighted by Crippen LogP contribution is 2.19. The summed E-state index contributed by atoms with van der Waals surface area (Å²) in [7, 11) is 0. The van der Waals surface area contributed by atoms with Crippen LogP contribution in [-0.4, -0.2) is 18.4 Å². The summed E-state index contributed by atoms with van der Waals surface area (Å²) in [5.74, 6) is 0.116. The number of hydrogen-bond acceptors (Lipinski definition) is 4. The summed E-state index contributed by atoms with van der Waals surface area (Å²) in [6, 6.07) is 4.15. The monoisotopic (exact) mass is 282 g/mol. The maximum atomic E-state index is 11.1. The normalized spacial score (nSPS) is 10.4. The molecule has 0 aliphatic carbocycles. The number of hydrogen-bond donors (Lipinski definition) is 0. The quantitative estimate of drug-likeness (QED) is 0.514. The van der Waals surface area contributed by atoms with E-state index >= 15 is 0 Å². The van der Waals surface area contributed by atoms with E-state index in [0.717, 1.165) is 30.6 Å². The average Bonchev–Trinajstić information content (AvgIpc) is 2.75. The van der Waals surface area contributed by atoms with Crippen LogP contribution in [0.3, 0.4) is 0 Å². The lowest BCUT2D eigenvalue weighted by atomic mass is 10.1. The molecule has 106 valence electrons. The number of rotatable bonds is 9. The maximum Gasteiger partial charge on any atom is 0.305 e. The van der Waals surface area contributed by atoms with E-state index in [9.17, 15) is 9.59 Å². The fraction of sp³-hybridized carbons (Fsp3) is 0.600. The zero-order valence-corrected chi connectivity index (χ0v) is 12.6. The Labute approximate surface area is 119 Å². The van der Waals surface area contributed by atoms with Gasteiger partial charge in [0.05, 0.1) is 6.61 Å². The molecule has 0 amide bonds. The van der Waals surface area contributed by atoms with E-state index in [1.807, 2.05) is 13.0 Å². The first-order valence-corrected chi connectivity index (χ1v) is 7.66. The molecule has 3 nitrogen and oxygen atoms in total. The van der Waals surface area contributed by atoms with Crippen LogP contribution in [0.25, 0.3) is 0 Å². The molecule has 0 aliphatic heterocycles. The Hall–Kier alpha value is -1.16. The summed E-state index contributed by atoms with van der Waals surface area (Å²) in [6.45, 7) is 3.91. The van der Waals surface area contributed by atoms with Crippen molar-refractivity contribution >= 4 is 23.1 Å². The minimum atomic E-state index is -0.0950. The topological polar surface area (TPSA) is 43.4 Å². The third-order valence-electron chi connectivity index (χ3n) is 2.75. The Morgan fingerprint density at radius 3 is 2.58 bits per heavy atom. The first-order valence-electron chi connectivity index (χ1n) is 6.84. The van der Waals surface area contributed by atoms with E-state index in [-0.39, 0.29) is 11.8 Å². The molecule has 4 heteroatoms. The molecular weight excluding hydrogens is 260 g/mol. The fourth-order valence-corrected chi connectivity index (χ4v) is 3.01. The third kappa shape index (κ3) is 7.11. The molecular formula is C15H22O3S. The van der Waals surface area contributed by atoms with Gasteiger partial charge in [0.2, 0.25) is 0 Å². The largest absolute Gasteiger partial charge is 0.466 e. The van der Waals surface area contributed by atoms with Crippen LogP contribution in [0, 0.1) is 0 Å². The SMILES string of the molecule is CCOC(=O)CCCCCc1ccc(CC(C)=O)s1. The molecule has 0 spiro atoms. The second-order valence-corrected chi connectivity index (χ2v) is 5.87. The van der Waals surface area contributed by atoms with Crippen LogP contribution in [-0.2, 0) is 27.2 Å². The molecule has 0 unspecified atom stereocenters.